The number of aliphatic hydroxyl groups is 6. The fourth-order valence-corrected chi connectivity index (χ4v) is 5.30. The minimum atomic E-state index is -2.28. The van der Waals surface area contributed by atoms with Gasteiger partial charge in [-0.3, -0.25) is 0 Å². The molecule has 3 aromatic rings. The molecule has 206 valence electrons. The molecule has 0 aromatic heterocycles. The molecule has 4 rings (SSSR count). The van der Waals surface area contributed by atoms with E-state index in [2.05, 4.69) is 0 Å². The van der Waals surface area contributed by atoms with Crippen molar-refractivity contribution < 1.29 is 30.6 Å². The van der Waals surface area contributed by atoms with Crippen molar-refractivity contribution >= 4 is 0 Å². The monoisotopic (exact) mass is 530 g/mol. The van der Waals surface area contributed by atoms with E-state index in [1.807, 2.05) is 97.1 Å². The van der Waals surface area contributed by atoms with Crippen molar-refractivity contribution in [2.75, 3.05) is 0 Å². The van der Waals surface area contributed by atoms with E-state index in [4.69, 9.17) is 0 Å². The van der Waals surface area contributed by atoms with Crippen LogP contribution in [-0.4, -0.2) is 66.3 Å². The number of rotatable bonds is 10. The Labute approximate surface area is 229 Å². The van der Waals surface area contributed by atoms with E-state index < -0.39 is 35.6 Å². The molecule has 0 radical (unpaired) electrons. The Morgan fingerprint density at radius 2 is 1.00 bits per heavy atom. The topological polar surface area (TPSA) is 121 Å². The first-order valence-corrected chi connectivity index (χ1v) is 13.4. The van der Waals surface area contributed by atoms with E-state index in [9.17, 15) is 30.6 Å². The average molecular weight is 531 g/mol. The normalized spacial score (nSPS) is 29.5. The molecular weight excluding hydrogens is 492 g/mol. The SMILES string of the molecule is O[C@@H]1[C@@H](O)C(O)(C/C=C/Cc2ccccc2)[C@@H](O)[C@@H](O)C1(O)C/C(=C/Cc1ccccc1)Cc1ccccc1. The summed E-state index contributed by atoms with van der Waals surface area (Å²) in [7, 11) is 0. The highest BCUT2D eigenvalue weighted by Crippen LogP contribution is 2.42. The van der Waals surface area contributed by atoms with Crippen LogP contribution >= 0.6 is 0 Å². The number of hydrogen-bond acceptors (Lipinski definition) is 6. The lowest BCUT2D eigenvalue weighted by Gasteiger charge is -2.53. The predicted octanol–water partition coefficient (Wildman–Crippen LogP) is 2.90. The van der Waals surface area contributed by atoms with Crippen LogP contribution in [0.2, 0.25) is 0 Å². The zero-order valence-corrected chi connectivity index (χ0v) is 21.9. The van der Waals surface area contributed by atoms with E-state index in [0.29, 0.717) is 19.3 Å². The molecule has 1 saturated carbocycles. The van der Waals surface area contributed by atoms with Crippen LogP contribution < -0.4 is 0 Å². The van der Waals surface area contributed by atoms with Crippen molar-refractivity contribution in [3.05, 3.63) is 131 Å². The molecule has 1 aliphatic rings. The van der Waals surface area contributed by atoms with Crippen molar-refractivity contribution in [1.82, 2.24) is 0 Å². The highest BCUT2D eigenvalue weighted by Gasteiger charge is 2.63. The van der Waals surface area contributed by atoms with E-state index >= 15 is 0 Å². The molecule has 0 amide bonds. The van der Waals surface area contributed by atoms with Gasteiger partial charge in [-0.1, -0.05) is 115 Å². The Kier molecular flexibility index (Phi) is 9.51. The van der Waals surface area contributed by atoms with Crippen LogP contribution in [0.4, 0.5) is 0 Å². The third kappa shape index (κ3) is 6.73. The van der Waals surface area contributed by atoms with Crippen LogP contribution in [0, 0.1) is 0 Å². The van der Waals surface area contributed by atoms with Crippen molar-refractivity contribution in [3.63, 3.8) is 0 Å². The van der Waals surface area contributed by atoms with Gasteiger partial charge in [0.15, 0.2) is 0 Å². The van der Waals surface area contributed by atoms with Crippen LogP contribution in [0.1, 0.15) is 29.5 Å². The van der Waals surface area contributed by atoms with Crippen molar-refractivity contribution in [1.29, 1.82) is 0 Å². The largest absolute Gasteiger partial charge is 0.387 e. The van der Waals surface area contributed by atoms with Crippen LogP contribution in [0.25, 0.3) is 0 Å². The van der Waals surface area contributed by atoms with Gasteiger partial charge in [-0.05, 0) is 42.4 Å². The standard InChI is InChI=1S/C33H38O6/c34-28-30(36)33(39,31(37)29(35)32(28,38)21-11-10-16-24-12-4-1-5-13-24)23-27(22-26-17-8-3-9-18-26)20-19-25-14-6-2-7-15-25/h1-15,17-18,20,28-31,34-39H,16,19,21-23H2/b11-10+,27-20+/t28-,29+,30-,31-,32?,33?/m1/s1. The molecule has 0 aliphatic heterocycles. The molecule has 0 saturated heterocycles. The molecule has 0 heterocycles. The van der Waals surface area contributed by atoms with Crippen LogP contribution in [0.3, 0.4) is 0 Å². The Morgan fingerprint density at radius 1 is 0.564 bits per heavy atom. The number of hydrogen-bond donors (Lipinski definition) is 6. The minimum absolute atomic E-state index is 0.203. The van der Waals surface area contributed by atoms with E-state index in [1.54, 1.807) is 12.2 Å². The fourth-order valence-electron chi connectivity index (χ4n) is 5.30. The molecule has 39 heavy (non-hydrogen) atoms. The molecule has 6 nitrogen and oxygen atoms in total. The Balaban J connectivity index is 1.53. The number of benzene rings is 3. The zero-order chi connectivity index (χ0) is 27.9. The van der Waals surface area contributed by atoms with Crippen molar-refractivity contribution in [2.45, 2.75) is 67.7 Å². The van der Waals surface area contributed by atoms with Crippen LogP contribution in [0.5, 0.6) is 0 Å². The van der Waals surface area contributed by atoms with Gasteiger partial charge in [-0.15, -0.1) is 0 Å². The molecule has 6 N–H and O–H groups in total. The summed E-state index contributed by atoms with van der Waals surface area (Å²) in [5.74, 6) is 0. The molecule has 0 bridgehead atoms. The lowest BCUT2D eigenvalue weighted by atomic mass is 9.65. The fraction of sp³-hybridized carbons (Fsp3) is 0.333. The van der Waals surface area contributed by atoms with Gasteiger partial charge in [0, 0.05) is 6.42 Å². The van der Waals surface area contributed by atoms with Gasteiger partial charge in [0.25, 0.3) is 0 Å². The smallest absolute Gasteiger partial charge is 0.125 e. The lowest BCUT2D eigenvalue weighted by Crippen LogP contribution is -2.75. The average Bonchev–Trinajstić information content (AvgIpc) is 2.97. The van der Waals surface area contributed by atoms with Gasteiger partial charge in [0.1, 0.15) is 35.6 Å². The summed E-state index contributed by atoms with van der Waals surface area (Å²) in [6.45, 7) is 0. The Morgan fingerprint density at radius 3 is 1.51 bits per heavy atom. The maximum atomic E-state index is 11.6. The summed E-state index contributed by atoms with van der Waals surface area (Å²) < 4.78 is 0. The summed E-state index contributed by atoms with van der Waals surface area (Å²) in [5.41, 5.74) is -0.730. The zero-order valence-electron chi connectivity index (χ0n) is 21.9. The molecule has 1 aliphatic carbocycles. The maximum Gasteiger partial charge on any atom is 0.125 e. The minimum Gasteiger partial charge on any atom is -0.387 e. The second-order valence-corrected chi connectivity index (χ2v) is 10.5. The molecule has 6 atom stereocenters. The van der Waals surface area contributed by atoms with Crippen LogP contribution in [-0.2, 0) is 19.3 Å². The first-order valence-electron chi connectivity index (χ1n) is 13.4. The molecule has 2 unspecified atom stereocenters. The van der Waals surface area contributed by atoms with Gasteiger partial charge in [-0.25, -0.2) is 0 Å². The molecule has 1 fully saturated rings. The molecule has 6 heteroatoms. The molecule has 0 spiro atoms. The second kappa shape index (κ2) is 12.8. The summed E-state index contributed by atoms with van der Waals surface area (Å²) in [5, 5.41) is 66.8. The van der Waals surface area contributed by atoms with Crippen molar-refractivity contribution in [3.8, 4) is 0 Å². The Hall–Kier alpha value is -3.10. The molecular formula is C33H38O6. The highest BCUT2D eigenvalue weighted by molar-refractivity contribution is 5.28. The van der Waals surface area contributed by atoms with E-state index in [-0.39, 0.29) is 12.8 Å². The first-order chi connectivity index (χ1) is 18.7. The number of aliphatic hydroxyl groups excluding tert-OH is 4. The second-order valence-electron chi connectivity index (χ2n) is 10.5. The van der Waals surface area contributed by atoms with Gasteiger partial charge in [0.2, 0.25) is 0 Å². The third-order valence-electron chi connectivity index (χ3n) is 7.71. The Bertz CT molecular complexity index is 1210. The van der Waals surface area contributed by atoms with Gasteiger partial charge < -0.3 is 30.6 Å². The van der Waals surface area contributed by atoms with Gasteiger partial charge in [-0.2, -0.15) is 0 Å². The van der Waals surface area contributed by atoms with E-state index in [0.717, 1.165) is 22.3 Å². The van der Waals surface area contributed by atoms with Crippen LogP contribution in [0.15, 0.2) is 115 Å². The summed E-state index contributed by atoms with van der Waals surface area (Å²) >= 11 is 0. The highest BCUT2D eigenvalue weighted by atomic mass is 16.4. The lowest BCUT2D eigenvalue weighted by molar-refractivity contribution is -0.301. The summed E-state index contributed by atoms with van der Waals surface area (Å²) in [6, 6.07) is 29.0. The molecule has 3 aromatic carbocycles. The predicted molar refractivity (Wildman–Crippen MR) is 151 cm³/mol. The van der Waals surface area contributed by atoms with E-state index in [1.165, 1.54) is 0 Å². The third-order valence-corrected chi connectivity index (χ3v) is 7.71. The first kappa shape index (κ1) is 28.9. The van der Waals surface area contributed by atoms with Crippen molar-refractivity contribution in [2.24, 2.45) is 0 Å². The quantitative estimate of drug-likeness (QED) is 0.224. The van der Waals surface area contributed by atoms with Gasteiger partial charge >= 0.3 is 0 Å². The maximum absolute atomic E-state index is 11.6. The number of allylic oxidation sites excluding steroid dienone is 2. The summed E-state index contributed by atoms with van der Waals surface area (Å²) in [4.78, 5) is 0. The summed E-state index contributed by atoms with van der Waals surface area (Å²) in [6.07, 6.45) is -1.11. The van der Waals surface area contributed by atoms with Gasteiger partial charge in [0.05, 0.1) is 0 Å².